The average molecular weight is 623 g/mol. The van der Waals surface area contributed by atoms with Crippen molar-refractivity contribution in [1.29, 1.82) is 0 Å². The third kappa shape index (κ3) is 31.5. The van der Waals surface area contributed by atoms with Crippen LogP contribution in [0.3, 0.4) is 0 Å². The predicted molar refractivity (Wildman–Crippen MR) is 179 cm³/mol. The zero-order chi connectivity index (χ0) is 31.7. The van der Waals surface area contributed by atoms with E-state index in [4.69, 9.17) is 28.4 Å². The van der Waals surface area contributed by atoms with E-state index in [-0.39, 0.29) is 21.9 Å². The van der Waals surface area contributed by atoms with Crippen molar-refractivity contribution in [3.05, 3.63) is 0 Å². The minimum absolute atomic E-state index is 0.0869. The van der Waals surface area contributed by atoms with Gasteiger partial charge in [0.15, 0.2) is 0 Å². The molecule has 0 aromatic carbocycles. The van der Waals surface area contributed by atoms with E-state index in [1.54, 1.807) is 0 Å². The smallest absolute Gasteiger partial charge is 0.103 e. The van der Waals surface area contributed by atoms with Crippen LogP contribution in [-0.4, -0.2) is 102 Å². The lowest BCUT2D eigenvalue weighted by Gasteiger charge is -2.28. The fourth-order valence-corrected chi connectivity index (χ4v) is 4.17. The Morgan fingerprint density at radius 2 is 1.00 bits per heavy atom. The molecule has 0 fully saturated rings. The number of hydrogen-bond acceptors (Lipinski definition) is 9. The largest absolute Gasteiger partial charge is 0.381 e. The van der Waals surface area contributed by atoms with E-state index in [1.165, 1.54) is 0 Å². The molecule has 0 aliphatic carbocycles. The lowest BCUT2D eigenvalue weighted by atomic mass is 9.86. The maximum atomic E-state index is 5.98. The van der Waals surface area contributed by atoms with Crippen LogP contribution in [0.5, 0.6) is 0 Å². The highest BCUT2D eigenvalue weighted by atomic mass is 32.1. The summed E-state index contributed by atoms with van der Waals surface area (Å²) in [4.78, 5) is 0. The molecule has 0 saturated carbocycles. The molecule has 9 heteroatoms. The Morgan fingerprint density at radius 3 is 1.57 bits per heavy atom. The minimum atomic E-state index is -0.0869. The summed E-state index contributed by atoms with van der Waals surface area (Å²) in [6.07, 6.45) is 6.36. The van der Waals surface area contributed by atoms with Gasteiger partial charge in [-0.1, -0.05) is 20.8 Å². The van der Waals surface area contributed by atoms with Crippen LogP contribution < -0.4 is 10.6 Å². The molecule has 0 radical (unpaired) electrons. The average Bonchev–Trinajstić information content (AvgIpc) is 2.89. The standard InChI is InChI=1S/C33H70N2O6S/c1-29(14-15-33(8,9)28-40-20-11-10-16-34-31(2,3)4)30(42)41-27-26-39-25-23-37-19-13-12-18-36-22-24-38-21-17-35-32(5,6)7/h29-30,34-35,42H,10-28H2,1-9H3. The number of nitrogens with one attached hydrogen (secondary N) is 2. The second-order valence-corrected chi connectivity index (χ2v) is 14.7. The molecule has 0 aromatic heterocycles. The molecule has 0 saturated heterocycles. The molecule has 0 aliphatic heterocycles. The molecule has 2 unspecified atom stereocenters. The summed E-state index contributed by atoms with van der Waals surface area (Å²) in [5.74, 6) is 0.367. The molecular formula is C33H70N2O6S. The lowest BCUT2D eigenvalue weighted by molar-refractivity contribution is -0.00406. The van der Waals surface area contributed by atoms with Crippen molar-refractivity contribution in [3.63, 3.8) is 0 Å². The topological polar surface area (TPSA) is 79.4 Å². The molecule has 0 aliphatic rings. The van der Waals surface area contributed by atoms with Gasteiger partial charge in [0.2, 0.25) is 0 Å². The van der Waals surface area contributed by atoms with Crippen molar-refractivity contribution in [2.75, 3.05) is 85.8 Å². The fourth-order valence-electron chi connectivity index (χ4n) is 3.92. The van der Waals surface area contributed by atoms with Crippen LogP contribution in [0.2, 0.25) is 0 Å². The van der Waals surface area contributed by atoms with Gasteiger partial charge in [0.05, 0.1) is 52.9 Å². The highest BCUT2D eigenvalue weighted by Crippen LogP contribution is 2.28. The van der Waals surface area contributed by atoms with Crippen LogP contribution in [-0.2, 0) is 28.4 Å². The van der Waals surface area contributed by atoms with Crippen LogP contribution >= 0.6 is 12.6 Å². The highest BCUT2D eigenvalue weighted by molar-refractivity contribution is 7.80. The molecule has 0 bridgehead atoms. The van der Waals surface area contributed by atoms with Crippen LogP contribution in [0.15, 0.2) is 0 Å². The van der Waals surface area contributed by atoms with E-state index < -0.39 is 0 Å². The number of ether oxygens (including phenoxy) is 6. The molecule has 2 N–H and O–H groups in total. The summed E-state index contributed by atoms with van der Waals surface area (Å²) < 4.78 is 34.3. The summed E-state index contributed by atoms with van der Waals surface area (Å²) in [7, 11) is 0. The summed E-state index contributed by atoms with van der Waals surface area (Å²) in [5, 5.41) is 6.92. The SMILES string of the molecule is CC(CCC(C)(C)COCCCCNC(C)(C)C)C(S)OCCOCCOCCCCOCCOCCNC(C)(C)C. The normalized spacial score (nSPS) is 14.4. The number of rotatable bonds is 29. The first-order chi connectivity index (χ1) is 19.7. The second kappa shape index (κ2) is 25.2. The van der Waals surface area contributed by atoms with Gasteiger partial charge in [-0.2, -0.15) is 0 Å². The van der Waals surface area contributed by atoms with Crippen molar-refractivity contribution in [2.24, 2.45) is 11.3 Å². The van der Waals surface area contributed by atoms with Crippen molar-refractivity contribution < 1.29 is 28.4 Å². The van der Waals surface area contributed by atoms with E-state index in [9.17, 15) is 0 Å². The summed E-state index contributed by atoms with van der Waals surface area (Å²) in [5.41, 5.74) is 0.389. The Balaban J connectivity index is 3.51. The van der Waals surface area contributed by atoms with Crippen molar-refractivity contribution in [1.82, 2.24) is 10.6 Å². The quantitative estimate of drug-likeness (QED) is 0.0523. The maximum absolute atomic E-state index is 5.98. The van der Waals surface area contributed by atoms with Crippen LogP contribution in [0.25, 0.3) is 0 Å². The Morgan fingerprint density at radius 1 is 0.548 bits per heavy atom. The van der Waals surface area contributed by atoms with Crippen LogP contribution in [0.1, 0.15) is 101 Å². The van der Waals surface area contributed by atoms with Gasteiger partial charge in [-0.3, -0.25) is 0 Å². The molecule has 0 spiro atoms. The predicted octanol–water partition coefficient (Wildman–Crippen LogP) is 6.12. The zero-order valence-electron chi connectivity index (χ0n) is 29.0. The molecule has 2 atom stereocenters. The van der Waals surface area contributed by atoms with Gasteiger partial charge in [0.1, 0.15) is 5.44 Å². The number of hydrogen-bond donors (Lipinski definition) is 3. The van der Waals surface area contributed by atoms with E-state index in [0.29, 0.717) is 52.2 Å². The van der Waals surface area contributed by atoms with E-state index in [2.05, 4.69) is 85.6 Å². The van der Waals surface area contributed by atoms with Gasteiger partial charge < -0.3 is 39.1 Å². The first kappa shape index (κ1) is 42.0. The molecule has 0 amide bonds. The van der Waals surface area contributed by atoms with Gasteiger partial charge in [0, 0.05) is 37.4 Å². The Bertz CT molecular complexity index is 598. The zero-order valence-corrected chi connectivity index (χ0v) is 29.9. The van der Waals surface area contributed by atoms with Crippen molar-refractivity contribution in [2.45, 2.75) is 117 Å². The first-order valence-electron chi connectivity index (χ1n) is 16.4. The minimum Gasteiger partial charge on any atom is -0.381 e. The van der Waals surface area contributed by atoms with Crippen molar-refractivity contribution in [3.8, 4) is 0 Å². The Kier molecular flexibility index (Phi) is 25.3. The third-order valence-electron chi connectivity index (χ3n) is 6.62. The second-order valence-electron chi connectivity index (χ2n) is 14.2. The van der Waals surface area contributed by atoms with Gasteiger partial charge in [0.25, 0.3) is 0 Å². The fraction of sp³-hybridized carbons (Fsp3) is 1.00. The first-order valence-corrected chi connectivity index (χ1v) is 16.9. The van der Waals surface area contributed by atoms with Gasteiger partial charge in [-0.15, -0.1) is 12.6 Å². The molecule has 0 heterocycles. The van der Waals surface area contributed by atoms with Gasteiger partial charge in [-0.05, 0) is 97.9 Å². The third-order valence-corrected chi connectivity index (χ3v) is 7.27. The van der Waals surface area contributed by atoms with E-state index in [0.717, 1.165) is 78.0 Å². The monoisotopic (exact) mass is 622 g/mol. The lowest BCUT2D eigenvalue weighted by Crippen LogP contribution is -2.38. The molecule has 8 nitrogen and oxygen atoms in total. The maximum Gasteiger partial charge on any atom is 0.103 e. The van der Waals surface area contributed by atoms with Crippen LogP contribution in [0.4, 0.5) is 0 Å². The Hall–Kier alpha value is 0.0300. The summed E-state index contributed by atoms with van der Waals surface area (Å²) in [6.45, 7) is 29.1. The van der Waals surface area contributed by atoms with E-state index >= 15 is 0 Å². The van der Waals surface area contributed by atoms with Crippen molar-refractivity contribution >= 4 is 12.6 Å². The molecular weight excluding hydrogens is 552 g/mol. The molecule has 42 heavy (non-hydrogen) atoms. The molecule has 0 rings (SSSR count). The van der Waals surface area contributed by atoms with Gasteiger partial charge >= 0.3 is 0 Å². The van der Waals surface area contributed by atoms with Gasteiger partial charge in [-0.25, -0.2) is 0 Å². The van der Waals surface area contributed by atoms with Crippen LogP contribution in [0, 0.1) is 11.3 Å². The summed E-state index contributed by atoms with van der Waals surface area (Å²) >= 11 is 4.67. The number of thiol groups is 1. The summed E-state index contributed by atoms with van der Waals surface area (Å²) in [6, 6.07) is 0. The Labute approximate surface area is 265 Å². The molecule has 0 aromatic rings. The highest BCUT2D eigenvalue weighted by Gasteiger charge is 2.22. The van der Waals surface area contributed by atoms with E-state index in [1.807, 2.05) is 0 Å². The molecule has 254 valence electrons. The number of unbranched alkanes of at least 4 members (excludes halogenated alkanes) is 2.